The molecule has 180 valence electrons. The first-order valence-corrected chi connectivity index (χ1v) is 11.7. The molecule has 1 heterocycles. The average molecular weight is 504 g/mol. The maximum absolute atomic E-state index is 12.6. The van der Waals surface area contributed by atoms with Crippen molar-refractivity contribution in [3.05, 3.63) is 69.6 Å². The van der Waals surface area contributed by atoms with E-state index in [2.05, 4.69) is 15.6 Å². The van der Waals surface area contributed by atoms with Crippen LogP contribution in [-0.4, -0.2) is 33.8 Å². The zero-order chi connectivity index (χ0) is 25.0. The number of carboxylic acids is 1. The Morgan fingerprint density at radius 1 is 1.12 bits per heavy atom. The third-order valence-corrected chi connectivity index (χ3v) is 6.36. The van der Waals surface area contributed by atoms with Gasteiger partial charge in [-0.3, -0.25) is 14.6 Å². The Morgan fingerprint density at radius 2 is 1.74 bits per heavy atom. The monoisotopic (exact) mass is 503 g/mol. The van der Waals surface area contributed by atoms with Gasteiger partial charge in [-0.25, -0.2) is 4.79 Å². The summed E-state index contributed by atoms with van der Waals surface area (Å²) in [6, 6.07) is 6.05. The number of anilines is 1. The first kappa shape index (κ1) is 25.7. The van der Waals surface area contributed by atoms with E-state index in [9.17, 15) is 19.5 Å². The SMILES string of the molecule is CCC(c1ccc(NC(=O)c2c(Cl)cncc2Cl)cc1)[C@H](NC1=CC(=O)CC(C)(C)C1)C(=O)O. The van der Waals surface area contributed by atoms with Gasteiger partial charge in [-0.2, -0.15) is 0 Å². The molecule has 34 heavy (non-hydrogen) atoms. The molecule has 0 saturated carbocycles. The maximum atomic E-state index is 12.6. The molecular weight excluding hydrogens is 477 g/mol. The van der Waals surface area contributed by atoms with Gasteiger partial charge in [0.05, 0.1) is 15.6 Å². The summed E-state index contributed by atoms with van der Waals surface area (Å²) in [5, 5.41) is 16.1. The van der Waals surface area contributed by atoms with E-state index in [4.69, 9.17) is 23.2 Å². The number of pyridine rings is 1. The van der Waals surface area contributed by atoms with Gasteiger partial charge in [0, 0.05) is 42.2 Å². The van der Waals surface area contributed by atoms with E-state index in [0.717, 1.165) is 5.56 Å². The van der Waals surface area contributed by atoms with Gasteiger partial charge in [0.25, 0.3) is 5.91 Å². The predicted molar refractivity (Wildman–Crippen MR) is 132 cm³/mol. The second kappa shape index (κ2) is 10.6. The number of halogens is 2. The molecule has 0 aliphatic heterocycles. The Balaban J connectivity index is 1.78. The summed E-state index contributed by atoms with van der Waals surface area (Å²) in [6.45, 7) is 5.90. The summed E-state index contributed by atoms with van der Waals surface area (Å²) in [5.74, 6) is -1.83. The number of allylic oxidation sites excluding steroid dienone is 2. The van der Waals surface area contributed by atoms with Crippen LogP contribution in [0, 0.1) is 5.41 Å². The standard InChI is InChI=1S/C25H27Cl2N3O4/c1-4-18(22(24(33)34)29-16-9-17(31)11-25(2,3)10-16)14-5-7-15(8-6-14)30-23(32)21-19(26)12-28-13-20(21)27/h5-9,12-13,18,22,29H,4,10-11H2,1-3H3,(H,30,32)(H,33,34)/t18?,22-/m0/s1. The third kappa shape index (κ3) is 6.15. The number of aliphatic carboxylic acids is 1. The number of ketones is 1. The van der Waals surface area contributed by atoms with Gasteiger partial charge in [0.1, 0.15) is 6.04 Å². The Labute approximate surface area is 208 Å². The van der Waals surface area contributed by atoms with Crippen molar-refractivity contribution in [2.24, 2.45) is 5.41 Å². The van der Waals surface area contributed by atoms with E-state index in [1.54, 1.807) is 24.3 Å². The van der Waals surface area contributed by atoms with Crippen molar-refractivity contribution in [1.82, 2.24) is 10.3 Å². The number of nitrogens with zero attached hydrogens (tertiary/aromatic N) is 1. The molecular formula is C25H27Cl2N3O4. The van der Waals surface area contributed by atoms with Crippen LogP contribution in [0.25, 0.3) is 0 Å². The first-order chi connectivity index (χ1) is 16.0. The zero-order valence-corrected chi connectivity index (χ0v) is 20.7. The van der Waals surface area contributed by atoms with Gasteiger partial charge in [0.2, 0.25) is 0 Å². The van der Waals surface area contributed by atoms with Crippen molar-refractivity contribution in [3.8, 4) is 0 Å². The van der Waals surface area contributed by atoms with Gasteiger partial charge >= 0.3 is 5.97 Å². The number of carbonyl (C=O) groups excluding carboxylic acids is 2. The van der Waals surface area contributed by atoms with E-state index in [1.165, 1.54) is 18.5 Å². The molecule has 3 N–H and O–H groups in total. The van der Waals surface area contributed by atoms with Crippen LogP contribution >= 0.6 is 23.2 Å². The number of nitrogens with one attached hydrogen (secondary N) is 2. The second-order valence-electron chi connectivity index (χ2n) is 9.18. The van der Waals surface area contributed by atoms with Crippen LogP contribution in [0.15, 0.2) is 48.4 Å². The molecule has 2 atom stereocenters. The van der Waals surface area contributed by atoms with Crippen molar-refractivity contribution < 1.29 is 19.5 Å². The highest BCUT2D eigenvalue weighted by molar-refractivity contribution is 6.40. The summed E-state index contributed by atoms with van der Waals surface area (Å²) in [7, 11) is 0. The van der Waals surface area contributed by atoms with Gasteiger partial charge in [-0.1, -0.05) is 56.1 Å². The van der Waals surface area contributed by atoms with Crippen LogP contribution < -0.4 is 10.6 Å². The summed E-state index contributed by atoms with van der Waals surface area (Å²) >= 11 is 12.1. The quantitative estimate of drug-likeness (QED) is 0.441. The Kier molecular flexibility index (Phi) is 8.00. The molecule has 1 aliphatic rings. The fraction of sp³-hybridized carbons (Fsp3) is 0.360. The highest BCUT2D eigenvalue weighted by Gasteiger charge is 2.33. The molecule has 7 nitrogen and oxygen atoms in total. The number of carboxylic acid groups (broad SMARTS) is 1. The smallest absolute Gasteiger partial charge is 0.326 e. The van der Waals surface area contributed by atoms with Crippen molar-refractivity contribution in [2.75, 3.05) is 5.32 Å². The molecule has 0 bridgehead atoms. The number of amides is 1. The average Bonchev–Trinajstić information content (AvgIpc) is 2.73. The highest BCUT2D eigenvalue weighted by atomic mass is 35.5. The molecule has 0 fully saturated rings. The minimum absolute atomic E-state index is 0.00886. The molecule has 0 spiro atoms. The fourth-order valence-corrected chi connectivity index (χ4v) is 4.81. The molecule has 1 amide bonds. The Morgan fingerprint density at radius 3 is 2.26 bits per heavy atom. The lowest BCUT2D eigenvalue weighted by Crippen LogP contribution is -2.43. The molecule has 3 rings (SSSR count). The molecule has 9 heteroatoms. The van der Waals surface area contributed by atoms with Gasteiger partial charge in [-0.15, -0.1) is 0 Å². The van der Waals surface area contributed by atoms with Crippen molar-refractivity contribution in [3.63, 3.8) is 0 Å². The fourth-order valence-electron chi connectivity index (χ4n) is 4.27. The minimum Gasteiger partial charge on any atom is -0.480 e. The Bertz CT molecular complexity index is 1110. The van der Waals surface area contributed by atoms with Gasteiger partial charge in [0.15, 0.2) is 5.78 Å². The second-order valence-corrected chi connectivity index (χ2v) is 10.00. The Hall–Kier alpha value is -2.90. The van der Waals surface area contributed by atoms with E-state index >= 15 is 0 Å². The maximum Gasteiger partial charge on any atom is 0.326 e. The molecule has 1 aliphatic carbocycles. The number of hydrogen-bond donors (Lipinski definition) is 3. The van der Waals surface area contributed by atoms with E-state index < -0.39 is 17.9 Å². The number of benzene rings is 1. The van der Waals surface area contributed by atoms with Gasteiger partial charge < -0.3 is 15.7 Å². The summed E-state index contributed by atoms with van der Waals surface area (Å²) < 4.78 is 0. The third-order valence-electron chi connectivity index (χ3n) is 5.78. The van der Waals surface area contributed by atoms with Crippen molar-refractivity contribution in [1.29, 1.82) is 0 Å². The number of carbonyl (C=O) groups is 3. The number of hydrogen-bond acceptors (Lipinski definition) is 5. The lowest BCUT2D eigenvalue weighted by atomic mass is 9.78. The van der Waals surface area contributed by atoms with Crippen LogP contribution in [-0.2, 0) is 9.59 Å². The summed E-state index contributed by atoms with van der Waals surface area (Å²) in [4.78, 5) is 40.7. The number of aromatic nitrogens is 1. The van der Waals surface area contributed by atoms with Crippen molar-refractivity contribution in [2.45, 2.75) is 52.0 Å². The van der Waals surface area contributed by atoms with E-state index in [1.807, 2.05) is 20.8 Å². The van der Waals surface area contributed by atoms with Crippen LogP contribution in [0.4, 0.5) is 5.69 Å². The predicted octanol–water partition coefficient (Wildman–Crippen LogP) is 5.45. The van der Waals surface area contributed by atoms with Crippen LogP contribution in [0.3, 0.4) is 0 Å². The largest absolute Gasteiger partial charge is 0.480 e. The van der Waals surface area contributed by atoms with Crippen LogP contribution in [0.5, 0.6) is 0 Å². The van der Waals surface area contributed by atoms with Crippen LogP contribution in [0.1, 0.15) is 61.9 Å². The lowest BCUT2D eigenvalue weighted by Gasteiger charge is -2.33. The first-order valence-electron chi connectivity index (χ1n) is 10.9. The highest BCUT2D eigenvalue weighted by Crippen LogP contribution is 2.34. The van der Waals surface area contributed by atoms with E-state index in [0.29, 0.717) is 30.6 Å². The lowest BCUT2D eigenvalue weighted by molar-refractivity contribution is -0.140. The number of rotatable bonds is 8. The molecule has 0 saturated heterocycles. The van der Waals surface area contributed by atoms with E-state index in [-0.39, 0.29) is 32.7 Å². The molecule has 1 aromatic heterocycles. The normalized spacial score (nSPS) is 16.9. The molecule has 2 aromatic rings. The molecule has 1 unspecified atom stereocenters. The topological polar surface area (TPSA) is 108 Å². The molecule has 0 radical (unpaired) electrons. The zero-order valence-electron chi connectivity index (χ0n) is 19.2. The van der Waals surface area contributed by atoms with Gasteiger partial charge in [-0.05, 0) is 36.0 Å². The molecule has 1 aromatic carbocycles. The minimum atomic E-state index is -0.997. The summed E-state index contributed by atoms with van der Waals surface area (Å²) in [6.07, 6.45) is 5.80. The van der Waals surface area contributed by atoms with Crippen LogP contribution in [0.2, 0.25) is 10.0 Å². The van der Waals surface area contributed by atoms with Crippen molar-refractivity contribution >= 4 is 46.5 Å². The summed E-state index contributed by atoms with van der Waals surface area (Å²) in [5.41, 5.74) is 1.85.